The van der Waals surface area contributed by atoms with Crippen molar-refractivity contribution in [2.24, 2.45) is 0 Å². The highest BCUT2D eigenvalue weighted by molar-refractivity contribution is 5.53. The highest BCUT2D eigenvalue weighted by Crippen LogP contribution is 2.47. The van der Waals surface area contributed by atoms with E-state index < -0.39 is 0 Å². The number of benzene rings is 1. The number of anilines is 2. The van der Waals surface area contributed by atoms with Crippen molar-refractivity contribution in [3.63, 3.8) is 0 Å². The normalized spacial score (nSPS) is 21.7. The van der Waals surface area contributed by atoms with E-state index in [1.165, 1.54) is 24.0 Å². The Balaban J connectivity index is 1.69. The van der Waals surface area contributed by atoms with Crippen LogP contribution in [0.25, 0.3) is 0 Å². The van der Waals surface area contributed by atoms with Crippen molar-refractivity contribution in [3.05, 3.63) is 47.2 Å². The maximum atomic E-state index is 9.04. The van der Waals surface area contributed by atoms with Crippen LogP contribution in [-0.4, -0.2) is 34.8 Å². The minimum absolute atomic E-state index is 0.0802. The molecule has 3 aliphatic rings. The molecule has 2 aliphatic heterocycles. The van der Waals surface area contributed by atoms with Gasteiger partial charge in [-0.3, -0.25) is 0 Å². The van der Waals surface area contributed by atoms with Crippen molar-refractivity contribution in [1.29, 1.82) is 0 Å². The van der Waals surface area contributed by atoms with Crippen molar-refractivity contribution in [2.75, 3.05) is 29.9 Å². The zero-order chi connectivity index (χ0) is 16.5. The van der Waals surface area contributed by atoms with Crippen LogP contribution in [0.5, 0.6) is 0 Å². The molecule has 2 aromatic rings. The number of nitrogens with one attached hydrogen (secondary N) is 1. The maximum Gasteiger partial charge on any atom is 0.224 e. The molecule has 0 amide bonds. The first kappa shape index (κ1) is 15.4. The van der Waals surface area contributed by atoms with Gasteiger partial charge in [0.1, 0.15) is 5.82 Å². The van der Waals surface area contributed by atoms with E-state index >= 15 is 0 Å². The predicted molar refractivity (Wildman–Crippen MR) is 95.5 cm³/mol. The lowest BCUT2D eigenvalue weighted by molar-refractivity contribution is 0.310. The summed E-state index contributed by atoms with van der Waals surface area (Å²) in [5, 5.41) is 12.2. The van der Waals surface area contributed by atoms with E-state index in [-0.39, 0.29) is 6.61 Å². The number of aryl methyl sites for hydroxylation is 1. The summed E-state index contributed by atoms with van der Waals surface area (Å²) in [5.41, 5.74) is 4.02. The monoisotopic (exact) mass is 324 g/mol. The lowest BCUT2D eigenvalue weighted by Gasteiger charge is -2.47. The standard InChI is InChI=1S/C19H24N4O/c1-2-14-11-18(22-19(21-14)20-9-10-24)23-12-13-7-8-17(23)16-6-4-3-5-15(13)16/h3-6,11,13,17,24H,2,7-10,12H2,1H3,(H,20,21,22)/t13-,17+/m1/s1. The van der Waals surface area contributed by atoms with Gasteiger partial charge in [0.25, 0.3) is 0 Å². The van der Waals surface area contributed by atoms with Crippen molar-refractivity contribution in [2.45, 2.75) is 38.1 Å². The lowest BCUT2D eigenvalue weighted by atomic mass is 9.75. The van der Waals surface area contributed by atoms with Crippen LogP contribution in [0.15, 0.2) is 30.3 Å². The molecule has 5 heteroatoms. The van der Waals surface area contributed by atoms with Gasteiger partial charge >= 0.3 is 0 Å². The van der Waals surface area contributed by atoms with E-state index in [4.69, 9.17) is 10.1 Å². The molecular formula is C19H24N4O. The van der Waals surface area contributed by atoms with E-state index in [1.807, 2.05) is 0 Å². The van der Waals surface area contributed by atoms with Gasteiger partial charge in [0, 0.05) is 30.8 Å². The maximum absolute atomic E-state index is 9.04. The van der Waals surface area contributed by atoms with Crippen LogP contribution in [0.4, 0.5) is 11.8 Å². The van der Waals surface area contributed by atoms with E-state index in [0.29, 0.717) is 24.5 Å². The first-order valence-corrected chi connectivity index (χ1v) is 8.88. The third-order valence-electron chi connectivity index (χ3n) is 5.19. The first-order valence-electron chi connectivity index (χ1n) is 8.88. The fourth-order valence-electron chi connectivity index (χ4n) is 4.05. The van der Waals surface area contributed by atoms with Crippen molar-refractivity contribution in [3.8, 4) is 0 Å². The molecule has 0 unspecified atom stereocenters. The van der Waals surface area contributed by atoms with E-state index in [2.05, 4.69) is 52.5 Å². The van der Waals surface area contributed by atoms with E-state index in [9.17, 15) is 0 Å². The van der Waals surface area contributed by atoms with Crippen molar-refractivity contribution >= 4 is 11.8 Å². The third-order valence-corrected chi connectivity index (χ3v) is 5.19. The average Bonchev–Trinajstić information content (AvgIpc) is 2.66. The quantitative estimate of drug-likeness (QED) is 0.885. The minimum Gasteiger partial charge on any atom is -0.395 e. The predicted octanol–water partition coefficient (Wildman–Crippen LogP) is 2.88. The number of hydrogen-bond donors (Lipinski definition) is 2. The van der Waals surface area contributed by atoms with Crippen LogP contribution in [-0.2, 0) is 6.42 Å². The molecule has 2 N–H and O–H groups in total. The molecule has 5 nitrogen and oxygen atoms in total. The Bertz CT molecular complexity index is 733. The van der Waals surface area contributed by atoms with Crippen LogP contribution in [0.1, 0.15) is 48.5 Å². The van der Waals surface area contributed by atoms with Gasteiger partial charge in [-0.25, -0.2) is 4.98 Å². The van der Waals surface area contributed by atoms with Gasteiger partial charge in [-0.05, 0) is 30.4 Å². The van der Waals surface area contributed by atoms with Crippen LogP contribution in [0.2, 0.25) is 0 Å². The van der Waals surface area contributed by atoms with Gasteiger partial charge < -0.3 is 15.3 Å². The molecule has 0 radical (unpaired) electrons. The summed E-state index contributed by atoms with van der Waals surface area (Å²) in [5.74, 6) is 2.22. The van der Waals surface area contributed by atoms with Gasteiger partial charge in [-0.15, -0.1) is 0 Å². The van der Waals surface area contributed by atoms with Gasteiger partial charge in [-0.1, -0.05) is 31.2 Å². The van der Waals surface area contributed by atoms with Crippen LogP contribution < -0.4 is 10.2 Å². The second-order valence-corrected chi connectivity index (χ2v) is 6.62. The van der Waals surface area contributed by atoms with E-state index in [0.717, 1.165) is 24.5 Å². The number of hydrogen-bond acceptors (Lipinski definition) is 5. The zero-order valence-electron chi connectivity index (χ0n) is 14.1. The fraction of sp³-hybridized carbons (Fsp3) is 0.474. The Morgan fingerprint density at radius 1 is 1.21 bits per heavy atom. The first-order chi connectivity index (χ1) is 11.8. The summed E-state index contributed by atoms with van der Waals surface area (Å²) >= 11 is 0. The van der Waals surface area contributed by atoms with E-state index in [1.54, 1.807) is 0 Å². The highest BCUT2D eigenvalue weighted by Gasteiger charge is 2.38. The largest absolute Gasteiger partial charge is 0.395 e. The molecule has 3 heterocycles. The molecule has 2 bridgehead atoms. The highest BCUT2D eigenvalue weighted by atomic mass is 16.3. The molecule has 1 fully saturated rings. The third kappa shape index (κ3) is 2.63. The number of piperidine rings is 1. The van der Waals surface area contributed by atoms with Crippen molar-refractivity contribution in [1.82, 2.24) is 9.97 Å². The van der Waals surface area contributed by atoms with Crippen molar-refractivity contribution < 1.29 is 5.11 Å². The van der Waals surface area contributed by atoms with Crippen LogP contribution >= 0.6 is 0 Å². The second-order valence-electron chi connectivity index (χ2n) is 6.62. The number of fused-ring (bicyclic) bond motifs is 2. The molecule has 0 saturated carbocycles. The van der Waals surface area contributed by atoms with Gasteiger partial charge in [0.15, 0.2) is 0 Å². The molecule has 2 atom stereocenters. The Kier molecular flexibility index (Phi) is 4.10. The summed E-state index contributed by atoms with van der Waals surface area (Å²) in [6.45, 7) is 3.69. The zero-order valence-corrected chi connectivity index (χ0v) is 14.1. The molecule has 1 saturated heterocycles. The lowest BCUT2D eigenvalue weighted by Crippen LogP contribution is -2.43. The number of aliphatic hydroxyl groups is 1. The Morgan fingerprint density at radius 3 is 2.83 bits per heavy atom. The number of rotatable bonds is 5. The summed E-state index contributed by atoms with van der Waals surface area (Å²) < 4.78 is 0. The Hall–Kier alpha value is -2.14. The molecule has 1 aromatic heterocycles. The number of nitrogens with zero attached hydrogens (tertiary/aromatic N) is 3. The van der Waals surface area contributed by atoms with Crippen LogP contribution in [0, 0.1) is 0 Å². The summed E-state index contributed by atoms with van der Waals surface area (Å²) in [7, 11) is 0. The molecule has 5 rings (SSSR count). The second kappa shape index (κ2) is 6.40. The summed E-state index contributed by atoms with van der Waals surface area (Å²) in [6, 6.07) is 11.4. The Morgan fingerprint density at radius 2 is 2.04 bits per heavy atom. The molecule has 1 aromatic carbocycles. The van der Waals surface area contributed by atoms with Gasteiger partial charge in [0.2, 0.25) is 5.95 Å². The smallest absolute Gasteiger partial charge is 0.224 e. The molecule has 1 aliphatic carbocycles. The fourth-order valence-corrected chi connectivity index (χ4v) is 4.05. The SMILES string of the molecule is CCc1cc(N2C[C@H]3CC[C@H]2c2ccccc23)nc(NCCO)n1. The number of aliphatic hydroxyl groups excluding tert-OH is 1. The summed E-state index contributed by atoms with van der Waals surface area (Å²) in [6.07, 6.45) is 3.33. The molecule has 24 heavy (non-hydrogen) atoms. The molecule has 0 spiro atoms. The molecular weight excluding hydrogens is 300 g/mol. The number of aromatic nitrogens is 2. The molecule has 126 valence electrons. The minimum atomic E-state index is 0.0802. The Labute approximate surface area is 142 Å². The topological polar surface area (TPSA) is 61.3 Å². The van der Waals surface area contributed by atoms with Gasteiger partial charge in [0.05, 0.1) is 12.6 Å². The average molecular weight is 324 g/mol. The van der Waals surface area contributed by atoms with Gasteiger partial charge in [-0.2, -0.15) is 4.98 Å². The summed E-state index contributed by atoms with van der Waals surface area (Å²) in [4.78, 5) is 11.7. The van der Waals surface area contributed by atoms with Crippen LogP contribution in [0.3, 0.4) is 0 Å².